The Labute approximate surface area is 211 Å². The van der Waals surface area contributed by atoms with Gasteiger partial charge in [0.05, 0.1) is 27.6 Å². The van der Waals surface area contributed by atoms with Gasteiger partial charge in [0.2, 0.25) is 5.95 Å². The molecule has 0 fully saturated rings. The number of hydrogen-bond acceptors (Lipinski definition) is 8. The molecule has 2 aromatic carbocycles. The van der Waals surface area contributed by atoms with Gasteiger partial charge in [0, 0.05) is 30.9 Å². The van der Waals surface area contributed by atoms with E-state index in [9.17, 15) is 13.2 Å². The first-order chi connectivity index (χ1) is 17.0. The molecular formula is C26H31N5O4S. The lowest BCUT2D eigenvalue weighted by atomic mass is 10.1. The second-order valence-corrected chi connectivity index (χ2v) is 11.9. The van der Waals surface area contributed by atoms with Crippen LogP contribution in [0.5, 0.6) is 5.75 Å². The Morgan fingerprint density at radius 3 is 2.47 bits per heavy atom. The van der Waals surface area contributed by atoms with Crippen molar-refractivity contribution in [2.75, 3.05) is 17.7 Å². The van der Waals surface area contributed by atoms with Gasteiger partial charge < -0.3 is 20.3 Å². The quantitative estimate of drug-likeness (QED) is 0.444. The Morgan fingerprint density at radius 1 is 1.06 bits per heavy atom. The number of nitrogens with one attached hydrogen (secondary N) is 2. The molecule has 1 amide bonds. The van der Waals surface area contributed by atoms with E-state index in [0.29, 0.717) is 35.1 Å². The third-order valence-corrected chi connectivity index (χ3v) is 8.05. The number of rotatable bonds is 8. The van der Waals surface area contributed by atoms with E-state index in [4.69, 9.17) is 4.74 Å². The molecule has 0 saturated heterocycles. The molecule has 0 aliphatic carbocycles. The van der Waals surface area contributed by atoms with Gasteiger partial charge in [-0.25, -0.2) is 13.4 Å². The monoisotopic (exact) mass is 509 g/mol. The number of fused-ring (bicyclic) bond motifs is 1. The molecule has 3 aromatic rings. The van der Waals surface area contributed by atoms with Crippen LogP contribution in [0.15, 0.2) is 47.5 Å². The molecule has 190 valence electrons. The number of hydrogen-bond donors (Lipinski definition) is 2. The van der Waals surface area contributed by atoms with E-state index in [-0.39, 0.29) is 22.9 Å². The van der Waals surface area contributed by atoms with Crippen molar-refractivity contribution < 1.29 is 17.9 Å². The van der Waals surface area contributed by atoms with E-state index < -0.39 is 15.1 Å². The average Bonchev–Trinajstić information content (AvgIpc) is 3.08. The van der Waals surface area contributed by atoms with Gasteiger partial charge in [0.1, 0.15) is 11.6 Å². The molecule has 10 heteroatoms. The average molecular weight is 510 g/mol. The molecule has 0 saturated carbocycles. The molecule has 4 rings (SSSR count). The highest BCUT2D eigenvalue weighted by Gasteiger charge is 2.27. The zero-order valence-corrected chi connectivity index (χ0v) is 22.1. The largest absolute Gasteiger partial charge is 0.489 e. The molecule has 2 N–H and O–H groups in total. The third-order valence-electron chi connectivity index (χ3n) is 5.84. The van der Waals surface area contributed by atoms with Crippen molar-refractivity contribution in [1.82, 2.24) is 14.9 Å². The fraction of sp³-hybridized carbons (Fsp3) is 0.346. The summed E-state index contributed by atoms with van der Waals surface area (Å²) in [5, 5.41) is 5.79. The van der Waals surface area contributed by atoms with E-state index in [1.807, 2.05) is 26.8 Å². The molecule has 1 aromatic heterocycles. The minimum Gasteiger partial charge on any atom is -0.489 e. The lowest BCUT2D eigenvalue weighted by molar-refractivity contribution is 0.0816. The van der Waals surface area contributed by atoms with Crippen LogP contribution in [0.3, 0.4) is 0 Å². The standard InChI is InChI=1S/C26H31N5O4S/c1-15(2)35-22-11-18-14-31(6)25(32)19(18)12-21(22)29-26-27-13-17(5)24(30-26)28-20-9-7-8-10-23(20)36(33,34)16(3)4/h7-13,15-16H,14H2,1-6H3,(H2,27,28,29,30). The topological polar surface area (TPSA) is 114 Å². The molecular weight excluding hydrogens is 478 g/mol. The number of nitrogens with zero attached hydrogens (tertiary/aromatic N) is 3. The summed E-state index contributed by atoms with van der Waals surface area (Å²) in [6.07, 6.45) is 1.57. The van der Waals surface area contributed by atoms with E-state index in [0.717, 1.165) is 11.1 Å². The summed E-state index contributed by atoms with van der Waals surface area (Å²) in [5.74, 6) is 1.28. The van der Waals surface area contributed by atoms with E-state index in [1.165, 1.54) is 0 Å². The van der Waals surface area contributed by atoms with Gasteiger partial charge in [-0.1, -0.05) is 12.1 Å². The van der Waals surface area contributed by atoms with Crippen LogP contribution in [-0.4, -0.2) is 47.6 Å². The van der Waals surface area contributed by atoms with Crippen LogP contribution in [0.2, 0.25) is 0 Å². The number of ether oxygens (including phenoxy) is 1. The predicted molar refractivity (Wildman–Crippen MR) is 140 cm³/mol. The number of benzene rings is 2. The Bertz CT molecular complexity index is 1420. The molecule has 1 aliphatic rings. The van der Waals surface area contributed by atoms with Crippen LogP contribution in [-0.2, 0) is 16.4 Å². The molecule has 9 nitrogen and oxygen atoms in total. The highest BCUT2D eigenvalue weighted by Crippen LogP contribution is 2.35. The fourth-order valence-electron chi connectivity index (χ4n) is 3.88. The number of anilines is 4. The summed E-state index contributed by atoms with van der Waals surface area (Å²) < 4.78 is 31.8. The van der Waals surface area contributed by atoms with Gasteiger partial charge in [0.15, 0.2) is 9.84 Å². The summed E-state index contributed by atoms with van der Waals surface area (Å²) in [4.78, 5) is 23.4. The lowest BCUT2D eigenvalue weighted by Crippen LogP contribution is -2.17. The lowest BCUT2D eigenvalue weighted by Gasteiger charge is -2.18. The first kappa shape index (κ1) is 25.4. The summed E-state index contributed by atoms with van der Waals surface area (Å²) >= 11 is 0. The molecule has 36 heavy (non-hydrogen) atoms. The molecule has 0 radical (unpaired) electrons. The predicted octanol–water partition coefficient (Wildman–Crippen LogP) is 4.83. The highest BCUT2D eigenvalue weighted by molar-refractivity contribution is 7.92. The van der Waals surface area contributed by atoms with Crippen molar-refractivity contribution in [3.8, 4) is 5.75 Å². The normalized spacial score (nSPS) is 13.3. The van der Waals surface area contributed by atoms with Crippen LogP contribution in [0.25, 0.3) is 0 Å². The Balaban J connectivity index is 1.69. The zero-order chi connectivity index (χ0) is 26.2. The van der Waals surface area contributed by atoms with Crippen LogP contribution in [0, 0.1) is 6.92 Å². The molecule has 2 heterocycles. The van der Waals surface area contributed by atoms with E-state index in [1.54, 1.807) is 62.3 Å². The molecule has 1 aliphatic heterocycles. The smallest absolute Gasteiger partial charge is 0.254 e. The number of sulfone groups is 1. The first-order valence-electron chi connectivity index (χ1n) is 11.8. The minimum atomic E-state index is -3.51. The van der Waals surface area contributed by atoms with E-state index >= 15 is 0 Å². The summed E-state index contributed by atoms with van der Waals surface area (Å²) in [6.45, 7) is 9.53. The molecule has 0 unspecified atom stereocenters. The van der Waals surface area contributed by atoms with Gasteiger partial charge in [-0.2, -0.15) is 4.98 Å². The first-order valence-corrected chi connectivity index (χ1v) is 13.3. The van der Waals surface area contributed by atoms with Gasteiger partial charge in [-0.15, -0.1) is 0 Å². The third kappa shape index (κ3) is 4.99. The number of aromatic nitrogens is 2. The number of aryl methyl sites for hydroxylation is 1. The summed E-state index contributed by atoms with van der Waals surface area (Å²) in [7, 11) is -1.75. The number of amides is 1. The van der Waals surface area contributed by atoms with E-state index in [2.05, 4.69) is 20.6 Å². The van der Waals surface area contributed by atoms with Crippen LogP contribution >= 0.6 is 0 Å². The van der Waals surface area contributed by atoms with Crippen molar-refractivity contribution in [1.29, 1.82) is 0 Å². The SMILES string of the molecule is Cc1cnc(Nc2cc3c(cc2OC(C)C)CN(C)C3=O)nc1Nc1ccccc1S(=O)(=O)C(C)C. The number of carbonyl (C=O) groups excluding carboxylic acids is 1. The molecule has 0 spiro atoms. The van der Waals surface area contributed by atoms with Gasteiger partial charge >= 0.3 is 0 Å². The second-order valence-electron chi connectivity index (χ2n) is 9.40. The van der Waals surface area contributed by atoms with Gasteiger partial charge in [-0.05, 0) is 64.4 Å². The fourth-order valence-corrected chi connectivity index (χ4v) is 5.08. The minimum absolute atomic E-state index is 0.0562. The molecule has 0 atom stereocenters. The van der Waals surface area contributed by atoms with Crippen LogP contribution in [0.1, 0.15) is 49.2 Å². The maximum atomic E-state index is 12.9. The Morgan fingerprint density at radius 2 is 1.78 bits per heavy atom. The maximum absolute atomic E-state index is 12.9. The Hall–Kier alpha value is -3.66. The highest BCUT2D eigenvalue weighted by atomic mass is 32.2. The Kier molecular flexibility index (Phi) is 6.90. The second kappa shape index (κ2) is 9.77. The van der Waals surface area contributed by atoms with Crippen molar-refractivity contribution >= 4 is 38.9 Å². The maximum Gasteiger partial charge on any atom is 0.254 e. The van der Waals surface area contributed by atoms with Crippen molar-refractivity contribution in [3.05, 3.63) is 59.3 Å². The van der Waals surface area contributed by atoms with Crippen LogP contribution in [0.4, 0.5) is 23.1 Å². The summed E-state index contributed by atoms with van der Waals surface area (Å²) in [6, 6.07) is 10.4. The zero-order valence-electron chi connectivity index (χ0n) is 21.3. The van der Waals surface area contributed by atoms with Crippen LogP contribution < -0.4 is 15.4 Å². The van der Waals surface area contributed by atoms with Gasteiger partial charge in [-0.3, -0.25) is 4.79 Å². The summed E-state index contributed by atoms with van der Waals surface area (Å²) in [5.41, 5.74) is 3.26. The molecule has 0 bridgehead atoms. The van der Waals surface area contributed by atoms with Gasteiger partial charge in [0.25, 0.3) is 5.91 Å². The van der Waals surface area contributed by atoms with Crippen molar-refractivity contribution in [3.63, 3.8) is 0 Å². The van der Waals surface area contributed by atoms with Crippen molar-refractivity contribution in [2.45, 2.75) is 57.4 Å². The number of para-hydroxylation sites is 1. The van der Waals surface area contributed by atoms with Crippen molar-refractivity contribution in [2.24, 2.45) is 0 Å². The number of carbonyl (C=O) groups is 1.